The van der Waals surface area contributed by atoms with Crippen molar-refractivity contribution in [2.45, 2.75) is 26.2 Å². The highest BCUT2D eigenvalue weighted by Crippen LogP contribution is 2.26. The van der Waals surface area contributed by atoms with Gasteiger partial charge in [-0.15, -0.1) is 0 Å². The van der Waals surface area contributed by atoms with Crippen LogP contribution in [0.3, 0.4) is 0 Å². The zero-order valence-corrected chi connectivity index (χ0v) is 13.8. The number of amides is 2. The lowest BCUT2D eigenvalue weighted by Crippen LogP contribution is -2.20. The highest BCUT2D eigenvalue weighted by molar-refractivity contribution is 6.01. The van der Waals surface area contributed by atoms with Crippen LogP contribution in [0.15, 0.2) is 47.2 Å². The van der Waals surface area contributed by atoms with E-state index in [1.165, 1.54) is 0 Å². The van der Waals surface area contributed by atoms with Gasteiger partial charge in [0, 0.05) is 29.4 Å². The average molecular weight is 325 g/mol. The summed E-state index contributed by atoms with van der Waals surface area (Å²) in [6, 6.07) is 8.73. The molecule has 0 atom stereocenters. The van der Waals surface area contributed by atoms with Crippen molar-refractivity contribution in [1.29, 1.82) is 0 Å². The maximum Gasteiger partial charge on any atom is 0.324 e. The molecule has 0 unspecified atom stereocenters. The predicted octanol–water partition coefficient (Wildman–Crippen LogP) is 4.01. The molecule has 3 rings (SSSR count). The standard InChI is InChI=1S/C17H19N5O2/c1-17(2,3)13-10-14(22-24-13)21-16(23)20-12-7-5-4-6-11(12)15-18-8-9-19-15/h4-10H,1-3H3,(H,18,19)(H2,20,21,22,23). The fraction of sp³-hybridized carbons (Fsp3) is 0.235. The van der Waals surface area contributed by atoms with Crippen LogP contribution in [-0.2, 0) is 5.41 Å². The van der Waals surface area contributed by atoms with Crippen molar-refractivity contribution in [1.82, 2.24) is 15.1 Å². The molecular weight excluding hydrogens is 306 g/mol. The first-order valence-corrected chi connectivity index (χ1v) is 7.57. The molecule has 2 aromatic heterocycles. The Labute approximate surface area is 139 Å². The highest BCUT2D eigenvalue weighted by atomic mass is 16.5. The molecule has 0 saturated heterocycles. The summed E-state index contributed by atoms with van der Waals surface area (Å²) < 4.78 is 5.26. The summed E-state index contributed by atoms with van der Waals surface area (Å²) in [5.74, 6) is 1.75. The van der Waals surface area contributed by atoms with Gasteiger partial charge in [-0.25, -0.2) is 9.78 Å². The van der Waals surface area contributed by atoms with E-state index in [1.807, 2.05) is 39.0 Å². The summed E-state index contributed by atoms with van der Waals surface area (Å²) >= 11 is 0. The normalized spacial score (nSPS) is 11.3. The van der Waals surface area contributed by atoms with E-state index in [0.29, 0.717) is 23.1 Å². The lowest BCUT2D eigenvalue weighted by Gasteiger charge is -2.12. The summed E-state index contributed by atoms with van der Waals surface area (Å²) in [5, 5.41) is 9.34. The zero-order valence-electron chi connectivity index (χ0n) is 13.8. The van der Waals surface area contributed by atoms with Crippen LogP contribution in [0.4, 0.5) is 16.3 Å². The zero-order chi connectivity index (χ0) is 17.2. The number of hydrogen-bond donors (Lipinski definition) is 3. The maximum atomic E-state index is 12.2. The molecule has 0 fully saturated rings. The number of carbonyl (C=O) groups is 1. The number of hydrogen-bond acceptors (Lipinski definition) is 4. The van der Waals surface area contributed by atoms with Crippen molar-refractivity contribution in [3.63, 3.8) is 0 Å². The topological polar surface area (TPSA) is 95.8 Å². The molecule has 3 N–H and O–H groups in total. The van der Waals surface area contributed by atoms with Crippen molar-refractivity contribution in [3.05, 3.63) is 48.5 Å². The van der Waals surface area contributed by atoms with Crippen LogP contribution >= 0.6 is 0 Å². The molecule has 124 valence electrons. The molecular formula is C17H19N5O2. The van der Waals surface area contributed by atoms with Gasteiger partial charge in [0.25, 0.3) is 0 Å². The Morgan fingerprint density at radius 3 is 2.67 bits per heavy atom. The van der Waals surface area contributed by atoms with Crippen LogP contribution in [-0.4, -0.2) is 21.2 Å². The van der Waals surface area contributed by atoms with E-state index in [1.54, 1.807) is 24.5 Å². The summed E-state index contributed by atoms with van der Waals surface area (Å²) in [5.41, 5.74) is 1.27. The third-order valence-corrected chi connectivity index (χ3v) is 3.42. The van der Waals surface area contributed by atoms with E-state index < -0.39 is 6.03 Å². The fourth-order valence-corrected chi connectivity index (χ4v) is 2.17. The van der Waals surface area contributed by atoms with Gasteiger partial charge in [0.1, 0.15) is 11.6 Å². The molecule has 0 aliphatic rings. The molecule has 1 aromatic carbocycles. The second-order valence-corrected chi connectivity index (χ2v) is 6.39. The number of nitrogens with zero attached hydrogens (tertiary/aromatic N) is 2. The van der Waals surface area contributed by atoms with Gasteiger partial charge >= 0.3 is 6.03 Å². The summed E-state index contributed by atoms with van der Waals surface area (Å²) in [6.45, 7) is 6.03. The maximum absolute atomic E-state index is 12.2. The van der Waals surface area contributed by atoms with Gasteiger partial charge in [-0.2, -0.15) is 0 Å². The summed E-state index contributed by atoms with van der Waals surface area (Å²) in [4.78, 5) is 19.5. The second-order valence-electron chi connectivity index (χ2n) is 6.39. The number of para-hydroxylation sites is 1. The van der Waals surface area contributed by atoms with Gasteiger partial charge in [-0.3, -0.25) is 5.32 Å². The fourth-order valence-electron chi connectivity index (χ4n) is 2.17. The molecule has 2 heterocycles. The lowest BCUT2D eigenvalue weighted by atomic mass is 9.93. The van der Waals surface area contributed by atoms with Crippen LogP contribution in [0.1, 0.15) is 26.5 Å². The van der Waals surface area contributed by atoms with Gasteiger partial charge in [0.05, 0.1) is 5.69 Å². The smallest absolute Gasteiger partial charge is 0.324 e. The molecule has 3 aromatic rings. The number of imidazole rings is 1. The Morgan fingerprint density at radius 1 is 1.21 bits per heavy atom. The number of aromatic nitrogens is 3. The first-order chi connectivity index (χ1) is 11.4. The van der Waals surface area contributed by atoms with E-state index in [4.69, 9.17) is 4.52 Å². The minimum Gasteiger partial charge on any atom is -0.359 e. The van der Waals surface area contributed by atoms with Crippen molar-refractivity contribution in [2.75, 3.05) is 10.6 Å². The van der Waals surface area contributed by atoms with Crippen LogP contribution < -0.4 is 10.6 Å². The number of anilines is 2. The third kappa shape index (κ3) is 3.45. The van der Waals surface area contributed by atoms with Crippen molar-refractivity contribution in [2.24, 2.45) is 0 Å². The number of rotatable bonds is 3. The van der Waals surface area contributed by atoms with Gasteiger partial charge in [-0.1, -0.05) is 38.1 Å². The van der Waals surface area contributed by atoms with Crippen molar-refractivity contribution >= 4 is 17.5 Å². The van der Waals surface area contributed by atoms with E-state index in [2.05, 4.69) is 25.8 Å². The molecule has 0 aliphatic heterocycles. The third-order valence-electron chi connectivity index (χ3n) is 3.42. The van der Waals surface area contributed by atoms with Crippen molar-refractivity contribution < 1.29 is 9.32 Å². The number of nitrogens with one attached hydrogen (secondary N) is 3. The Kier molecular flexibility index (Phi) is 4.07. The first-order valence-electron chi connectivity index (χ1n) is 7.57. The first kappa shape index (κ1) is 15.8. The minimum atomic E-state index is -0.400. The summed E-state index contributed by atoms with van der Waals surface area (Å²) in [7, 11) is 0. The monoisotopic (exact) mass is 325 g/mol. The number of aromatic amines is 1. The van der Waals surface area contributed by atoms with E-state index in [0.717, 1.165) is 5.56 Å². The molecule has 0 spiro atoms. The Bertz CT molecular complexity index is 831. The van der Waals surface area contributed by atoms with Gasteiger partial charge in [0.15, 0.2) is 5.82 Å². The highest BCUT2D eigenvalue weighted by Gasteiger charge is 2.20. The summed E-state index contributed by atoms with van der Waals surface area (Å²) in [6.07, 6.45) is 3.39. The number of H-pyrrole nitrogens is 1. The molecule has 0 aliphatic carbocycles. The molecule has 2 amide bonds. The molecule has 24 heavy (non-hydrogen) atoms. The second kappa shape index (κ2) is 6.19. The SMILES string of the molecule is CC(C)(C)c1cc(NC(=O)Nc2ccccc2-c2ncc[nH]2)no1. The lowest BCUT2D eigenvalue weighted by molar-refractivity contribution is 0.262. The minimum absolute atomic E-state index is 0.171. The van der Waals surface area contributed by atoms with E-state index in [-0.39, 0.29) is 5.41 Å². The van der Waals surface area contributed by atoms with Crippen LogP contribution in [0.5, 0.6) is 0 Å². The number of urea groups is 1. The molecule has 7 heteroatoms. The van der Waals surface area contributed by atoms with Crippen LogP contribution in [0.2, 0.25) is 0 Å². The molecule has 0 radical (unpaired) electrons. The van der Waals surface area contributed by atoms with Crippen LogP contribution in [0.25, 0.3) is 11.4 Å². The van der Waals surface area contributed by atoms with E-state index >= 15 is 0 Å². The molecule has 0 bridgehead atoms. The average Bonchev–Trinajstić information content (AvgIpc) is 3.18. The van der Waals surface area contributed by atoms with Gasteiger partial charge in [-0.05, 0) is 12.1 Å². The van der Waals surface area contributed by atoms with Crippen molar-refractivity contribution in [3.8, 4) is 11.4 Å². The number of benzene rings is 1. The molecule has 7 nitrogen and oxygen atoms in total. The quantitative estimate of drug-likeness (QED) is 0.678. The molecule has 0 saturated carbocycles. The largest absolute Gasteiger partial charge is 0.359 e. The van der Waals surface area contributed by atoms with E-state index in [9.17, 15) is 4.79 Å². The number of carbonyl (C=O) groups excluding carboxylic acids is 1. The Hall–Kier alpha value is -3.09. The van der Waals surface area contributed by atoms with Crippen LogP contribution in [0, 0.1) is 0 Å². The Morgan fingerprint density at radius 2 is 2.00 bits per heavy atom. The van der Waals surface area contributed by atoms with Gasteiger partial charge < -0.3 is 14.8 Å². The van der Waals surface area contributed by atoms with Gasteiger partial charge in [0.2, 0.25) is 0 Å². The Balaban J connectivity index is 1.73. The predicted molar refractivity (Wildman–Crippen MR) is 91.9 cm³/mol.